The first-order valence-electron chi connectivity index (χ1n) is 15.4. The molecule has 0 aromatic heterocycles. The number of likely N-dealkylation sites (N-methyl/N-ethyl adjacent to an activating group) is 1. The van der Waals surface area contributed by atoms with Gasteiger partial charge in [-0.2, -0.15) is 0 Å². The number of rotatable bonds is 11. The zero-order valence-electron chi connectivity index (χ0n) is 24.4. The molecule has 0 spiro atoms. The van der Waals surface area contributed by atoms with Crippen LogP contribution in [-0.4, -0.2) is 59.8 Å². The molecule has 1 heterocycles. The molecule has 4 atom stereocenters. The van der Waals surface area contributed by atoms with Crippen molar-refractivity contribution in [1.82, 2.24) is 5.32 Å². The third-order valence-corrected chi connectivity index (χ3v) is 9.79. The molecule has 216 valence electrons. The molecule has 1 aliphatic heterocycles. The molecule has 0 radical (unpaired) electrons. The number of carbonyl (C=O) groups excluding carboxylic acids is 2. The van der Waals surface area contributed by atoms with Crippen molar-refractivity contribution in [2.45, 2.75) is 94.6 Å². The van der Waals surface area contributed by atoms with Gasteiger partial charge >= 0.3 is 5.97 Å². The van der Waals surface area contributed by atoms with E-state index < -0.39 is 11.0 Å². The normalized spacial score (nSPS) is 29.8. The summed E-state index contributed by atoms with van der Waals surface area (Å²) < 4.78 is 7.33. The van der Waals surface area contributed by atoms with E-state index in [0.717, 1.165) is 74.1 Å². The highest BCUT2D eigenvalue weighted by atomic mass is 16.6. The predicted molar refractivity (Wildman–Crippen MR) is 157 cm³/mol. The van der Waals surface area contributed by atoms with Crippen LogP contribution in [0.1, 0.15) is 82.3 Å². The van der Waals surface area contributed by atoms with Gasteiger partial charge in [-0.05, 0) is 74.6 Å². The molecular formula is C34H47N2O4+. The molecule has 6 nitrogen and oxygen atoms in total. The number of likely N-dealkylation sites (tertiary alicyclic amines) is 1. The molecule has 5 rings (SSSR count). The molecule has 2 aromatic rings. The Labute approximate surface area is 239 Å². The highest BCUT2D eigenvalue weighted by Gasteiger charge is 2.64. The van der Waals surface area contributed by atoms with Crippen molar-refractivity contribution < 1.29 is 23.9 Å². The van der Waals surface area contributed by atoms with E-state index >= 15 is 0 Å². The number of nitrogens with zero attached hydrogens (tertiary/aromatic N) is 1. The van der Waals surface area contributed by atoms with Crippen molar-refractivity contribution in [3.05, 3.63) is 65.7 Å². The third-order valence-electron chi connectivity index (χ3n) is 9.79. The number of piperidine rings is 1. The molecule has 3 aliphatic rings. The molecule has 2 N–H and O–H groups in total. The zero-order valence-corrected chi connectivity index (χ0v) is 24.4. The number of hydrogen-bond acceptors (Lipinski definition) is 4. The Bertz CT molecular complexity index is 1180. The van der Waals surface area contributed by atoms with Crippen molar-refractivity contribution >= 4 is 11.9 Å². The smallest absolute Gasteiger partial charge is 0.303 e. The molecule has 3 fully saturated rings. The molecule has 1 amide bonds. The number of aryl methyl sites for hydroxylation is 1. The van der Waals surface area contributed by atoms with E-state index in [-0.39, 0.29) is 23.7 Å². The standard InChI is InChI=1S/C34H46N2O4/c1-26(37)40-34-19-18-30(35-32(39)15-8-4-7-12-27-10-5-3-6-11-27)23-33(34,29-13-9-14-31(38)22-29)20-21-36(2,25-34)24-28-16-17-28/h3,5-6,9-11,13-14,22,28,30H,4,7-8,12,15-21,23-25H2,1-2H3,(H-,35,38,39)/p+1/t30-,33-,34?,36+/m0/s1. The Morgan fingerprint density at radius 2 is 1.82 bits per heavy atom. The summed E-state index contributed by atoms with van der Waals surface area (Å²) in [6.45, 7) is 4.43. The highest BCUT2D eigenvalue weighted by molar-refractivity contribution is 5.76. The first-order chi connectivity index (χ1) is 19.2. The molecule has 6 heteroatoms. The van der Waals surface area contributed by atoms with Crippen LogP contribution in [0.5, 0.6) is 5.75 Å². The van der Waals surface area contributed by atoms with Gasteiger partial charge in [-0.25, -0.2) is 0 Å². The van der Waals surface area contributed by atoms with Crippen LogP contribution >= 0.6 is 0 Å². The number of phenols is 1. The predicted octanol–water partition coefficient (Wildman–Crippen LogP) is 5.66. The van der Waals surface area contributed by atoms with Crippen LogP contribution in [0.4, 0.5) is 0 Å². The van der Waals surface area contributed by atoms with Gasteiger partial charge < -0.3 is 19.6 Å². The average molecular weight is 548 g/mol. The van der Waals surface area contributed by atoms with E-state index in [1.54, 1.807) is 6.07 Å². The maximum atomic E-state index is 13.0. The van der Waals surface area contributed by atoms with E-state index in [1.807, 2.05) is 18.2 Å². The largest absolute Gasteiger partial charge is 0.508 e. The number of benzene rings is 2. The summed E-state index contributed by atoms with van der Waals surface area (Å²) in [6.07, 6.45) is 10.3. The summed E-state index contributed by atoms with van der Waals surface area (Å²) in [5, 5.41) is 13.8. The van der Waals surface area contributed by atoms with Crippen LogP contribution in [0.25, 0.3) is 0 Å². The Balaban J connectivity index is 1.29. The number of amides is 1. The number of quaternary nitrogens is 1. The quantitative estimate of drug-likeness (QED) is 0.216. The second kappa shape index (κ2) is 11.9. The third kappa shape index (κ3) is 6.54. The maximum absolute atomic E-state index is 13.0. The Kier molecular flexibility index (Phi) is 8.55. The summed E-state index contributed by atoms with van der Waals surface area (Å²) in [4.78, 5) is 25.7. The topological polar surface area (TPSA) is 75.6 Å². The van der Waals surface area contributed by atoms with Crippen LogP contribution < -0.4 is 5.32 Å². The first-order valence-corrected chi connectivity index (χ1v) is 15.4. The average Bonchev–Trinajstić information content (AvgIpc) is 3.72. The van der Waals surface area contributed by atoms with Gasteiger partial charge in [0.15, 0.2) is 5.60 Å². The molecule has 1 unspecified atom stereocenters. The van der Waals surface area contributed by atoms with Crippen molar-refractivity contribution in [2.75, 3.05) is 26.7 Å². The fraction of sp³-hybridized carbons (Fsp3) is 0.588. The van der Waals surface area contributed by atoms with E-state index in [2.05, 4.69) is 42.7 Å². The summed E-state index contributed by atoms with van der Waals surface area (Å²) in [5.41, 5.74) is 1.26. The van der Waals surface area contributed by atoms with E-state index in [1.165, 1.54) is 25.3 Å². The van der Waals surface area contributed by atoms with Gasteiger partial charge in [0.2, 0.25) is 5.91 Å². The number of esters is 1. The lowest BCUT2D eigenvalue weighted by atomic mass is 9.54. The Morgan fingerprint density at radius 1 is 1.02 bits per heavy atom. The molecule has 2 saturated carbocycles. The molecule has 40 heavy (non-hydrogen) atoms. The van der Waals surface area contributed by atoms with Crippen molar-refractivity contribution in [1.29, 1.82) is 0 Å². The molecule has 2 aliphatic carbocycles. The van der Waals surface area contributed by atoms with Crippen molar-refractivity contribution in [3.63, 3.8) is 0 Å². The number of unbranched alkanes of at least 4 members (excludes halogenated alkanes) is 2. The van der Waals surface area contributed by atoms with Gasteiger partial charge in [0.25, 0.3) is 0 Å². The Hall–Kier alpha value is -2.86. The summed E-state index contributed by atoms with van der Waals surface area (Å²) in [6, 6.07) is 18.0. The number of nitrogens with one attached hydrogen (secondary N) is 1. The number of phenolic OH excluding ortho intramolecular Hbond substituents is 1. The van der Waals surface area contributed by atoms with Crippen LogP contribution in [0.15, 0.2) is 54.6 Å². The minimum absolute atomic E-state index is 0.0168. The number of ether oxygens (including phenoxy) is 1. The molecule has 1 saturated heterocycles. The van der Waals surface area contributed by atoms with Gasteiger partial charge in [-0.15, -0.1) is 0 Å². The zero-order chi connectivity index (χ0) is 28.2. The number of carbonyl (C=O) groups is 2. The fourth-order valence-electron chi connectivity index (χ4n) is 7.80. The summed E-state index contributed by atoms with van der Waals surface area (Å²) in [7, 11) is 2.32. The van der Waals surface area contributed by atoms with Crippen LogP contribution in [0, 0.1) is 5.92 Å². The second-order valence-electron chi connectivity index (χ2n) is 13.2. The van der Waals surface area contributed by atoms with Crippen LogP contribution in [-0.2, 0) is 26.2 Å². The number of fused-ring (bicyclic) bond motifs is 1. The Morgan fingerprint density at radius 3 is 2.55 bits per heavy atom. The monoisotopic (exact) mass is 547 g/mol. The van der Waals surface area contributed by atoms with E-state index in [9.17, 15) is 14.7 Å². The first kappa shape index (κ1) is 28.7. The van der Waals surface area contributed by atoms with Gasteiger partial charge in [0.1, 0.15) is 12.3 Å². The molecule has 0 bridgehead atoms. The molecular weight excluding hydrogens is 500 g/mol. The molecule has 2 aromatic carbocycles. The lowest BCUT2D eigenvalue weighted by Crippen LogP contribution is -2.72. The van der Waals surface area contributed by atoms with Crippen molar-refractivity contribution in [3.8, 4) is 5.75 Å². The van der Waals surface area contributed by atoms with Gasteiger partial charge in [-0.3, -0.25) is 9.59 Å². The minimum atomic E-state index is -0.660. The minimum Gasteiger partial charge on any atom is -0.508 e. The van der Waals surface area contributed by atoms with Gasteiger partial charge in [0, 0.05) is 37.1 Å². The fourth-order valence-corrected chi connectivity index (χ4v) is 7.80. The van der Waals surface area contributed by atoms with Gasteiger partial charge in [0.05, 0.1) is 20.1 Å². The SMILES string of the molecule is CC(=O)OC12CC[C@H](NC(=O)CCCCCc3ccccc3)C[C@]1(c1cccc(O)c1)CC[N@+](C)(CC1CC1)C2. The summed E-state index contributed by atoms with van der Waals surface area (Å²) >= 11 is 0. The lowest BCUT2D eigenvalue weighted by molar-refractivity contribution is -0.924. The number of hydrogen-bond donors (Lipinski definition) is 2. The van der Waals surface area contributed by atoms with Crippen LogP contribution in [0.2, 0.25) is 0 Å². The van der Waals surface area contributed by atoms with E-state index in [4.69, 9.17) is 4.74 Å². The highest BCUT2D eigenvalue weighted by Crippen LogP contribution is 2.55. The summed E-state index contributed by atoms with van der Waals surface area (Å²) in [5.74, 6) is 0.866. The van der Waals surface area contributed by atoms with Crippen molar-refractivity contribution in [2.24, 2.45) is 5.92 Å². The number of aromatic hydroxyl groups is 1. The van der Waals surface area contributed by atoms with E-state index in [0.29, 0.717) is 19.3 Å². The van der Waals surface area contributed by atoms with Gasteiger partial charge in [-0.1, -0.05) is 48.9 Å². The second-order valence-corrected chi connectivity index (χ2v) is 13.2. The maximum Gasteiger partial charge on any atom is 0.303 e. The van der Waals surface area contributed by atoms with Crippen LogP contribution in [0.3, 0.4) is 0 Å². The lowest BCUT2D eigenvalue weighted by Gasteiger charge is -2.60.